The van der Waals surface area contributed by atoms with Crippen LogP contribution in [0.5, 0.6) is 5.75 Å². The molecule has 2 atom stereocenters. The monoisotopic (exact) mass is 713 g/mol. The Labute approximate surface area is 299 Å². The molecule has 2 aliphatic heterocycles. The smallest absolute Gasteiger partial charge is 0.264 e. The van der Waals surface area contributed by atoms with Crippen LogP contribution in [0.25, 0.3) is 22.2 Å². The molecule has 2 aromatic heterocycles. The zero-order valence-electron chi connectivity index (χ0n) is 29.9. The molecule has 0 bridgehead atoms. The largest absolute Gasteiger partial charge is 0.497 e. The summed E-state index contributed by atoms with van der Waals surface area (Å²) in [6, 6.07) is 11.8. The predicted molar refractivity (Wildman–Crippen MR) is 193 cm³/mol. The summed E-state index contributed by atoms with van der Waals surface area (Å²) < 4.78 is 41.6. The van der Waals surface area contributed by atoms with E-state index in [2.05, 4.69) is 31.6 Å². The number of aromatic nitrogens is 3. The Morgan fingerprint density at radius 3 is 2.47 bits per heavy atom. The molecular weight excluding hydrogens is 667 g/mol. The van der Waals surface area contributed by atoms with E-state index in [1.165, 1.54) is 12.0 Å². The maximum absolute atomic E-state index is 14.9. The van der Waals surface area contributed by atoms with E-state index in [1.807, 2.05) is 30.0 Å². The molecular formula is C39H47N5O6S. The van der Waals surface area contributed by atoms with Gasteiger partial charge in [0.2, 0.25) is 27.7 Å². The zero-order valence-corrected chi connectivity index (χ0v) is 30.7. The topological polar surface area (TPSA) is 137 Å². The van der Waals surface area contributed by atoms with Crippen molar-refractivity contribution >= 4 is 32.7 Å². The normalized spacial score (nSPS) is 22.3. The maximum Gasteiger partial charge on any atom is 0.264 e. The van der Waals surface area contributed by atoms with E-state index < -0.39 is 26.6 Å². The molecule has 3 fully saturated rings. The number of aryl methyl sites for hydroxylation is 1. The lowest BCUT2D eigenvalue weighted by atomic mass is 9.81. The van der Waals surface area contributed by atoms with Crippen LogP contribution in [0.2, 0.25) is 0 Å². The summed E-state index contributed by atoms with van der Waals surface area (Å²) in [5.74, 6) is 2.07. The minimum absolute atomic E-state index is 0.0210. The van der Waals surface area contributed by atoms with E-state index in [-0.39, 0.29) is 23.3 Å². The van der Waals surface area contributed by atoms with Gasteiger partial charge < -0.3 is 18.6 Å². The van der Waals surface area contributed by atoms with E-state index in [1.54, 1.807) is 27.0 Å². The number of nitrogens with one attached hydrogen (secondary N) is 1. The average Bonchev–Trinajstić information content (AvgIpc) is 3.55. The van der Waals surface area contributed by atoms with E-state index >= 15 is 0 Å². The highest BCUT2D eigenvalue weighted by molar-refractivity contribution is 7.90. The highest BCUT2D eigenvalue weighted by Crippen LogP contribution is 2.66. The van der Waals surface area contributed by atoms with Gasteiger partial charge in [0.25, 0.3) is 5.91 Å². The van der Waals surface area contributed by atoms with Gasteiger partial charge in [0, 0.05) is 59.9 Å². The second kappa shape index (κ2) is 12.8. The summed E-state index contributed by atoms with van der Waals surface area (Å²) in [5.41, 5.74) is 5.12. The number of hydrogen-bond donors (Lipinski definition) is 1. The summed E-state index contributed by atoms with van der Waals surface area (Å²) in [7, 11) is -2.14. The molecule has 2 aliphatic carbocycles. The predicted octanol–water partition coefficient (Wildman–Crippen LogP) is 6.67. The first-order valence-electron chi connectivity index (χ1n) is 18.6. The SMILES string of the molecule is CCc1nnc(C2CCN(C(=O)C34CC3c3cc(OC)ccc3-c3c(C5CCCCC5)c5ccc(C(=O)NS(=O)(=O)C(C)C)cc5n3C4)CC2)o1. The second-order valence-electron chi connectivity index (χ2n) is 15.3. The third-order valence-electron chi connectivity index (χ3n) is 12.0. The number of amides is 2. The Morgan fingerprint density at radius 2 is 1.78 bits per heavy atom. The summed E-state index contributed by atoms with van der Waals surface area (Å²) in [4.78, 5) is 30.3. The molecule has 1 saturated heterocycles. The Morgan fingerprint density at radius 1 is 1.02 bits per heavy atom. The summed E-state index contributed by atoms with van der Waals surface area (Å²) >= 11 is 0. The van der Waals surface area contributed by atoms with Crippen LogP contribution in [0.4, 0.5) is 0 Å². The van der Waals surface area contributed by atoms with Crippen LogP contribution >= 0.6 is 0 Å². The van der Waals surface area contributed by atoms with Gasteiger partial charge >= 0.3 is 0 Å². The maximum atomic E-state index is 14.9. The van der Waals surface area contributed by atoms with Gasteiger partial charge in [-0.05, 0) is 93.3 Å². The van der Waals surface area contributed by atoms with E-state index in [0.717, 1.165) is 78.4 Å². The molecule has 51 heavy (non-hydrogen) atoms. The van der Waals surface area contributed by atoms with Crippen LogP contribution in [0.15, 0.2) is 40.8 Å². The van der Waals surface area contributed by atoms with Gasteiger partial charge in [-0.3, -0.25) is 9.59 Å². The third-order valence-corrected chi connectivity index (χ3v) is 13.7. The Kier molecular flexibility index (Phi) is 8.51. The summed E-state index contributed by atoms with van der Waals surface area (Å²) in [6.45, 7) is 6.81. The van der Waals surface area contributed by atoms with Crippen LogP contribution < -0.4 is 9.46 Å². The molecule has 11 nitrogen and oxygen atoms in total. The number of carbonyl (C=O) groups excluding carboxylic acids is 2. The Balaban J connectivity index is 1.23. The van der Waals surface area contributed by atoms with Crippen LogP contribution in [0.3, 0.4) is 0 Å². The highest BCUT2D eigenvalue weighted by atomic mass is 32.2. The average molecular weight is 714 g/mol. The Bertz CT molecular complexity index is 2120. The van der Waals surface area contributed by atoms with Crippen molar-refractivity contribution in [2.24, 2.45) is 5.41 Å². The molecule has 12 heteroatoms. The second-order valence-corrected chi connectivity index (χ2v) is 17.5. The van der Waals surface area contributed by atoms with Crippen molar-refractivity contribution in [1.82, 2.24) is 24.4 Å². The molecule has 2 unspecified atom stereocenters. The molecule has 1 N–H and O–H groups in total. The molecule has 0 radical (unpaired) electrons. The number of rotatable bonds is 8. The number of sulfonamides is 1. The molecule has 4 aliphatic rings. The molecule has 4 heterocycles. The van der Waals surface area contributed by atoms with Crippen molar-refractivity contribution in [3.05, 3.63) is 64.9 Å². The van der Waals surface area contributed by atoms with Crippen molar-refractivity contribution in [2.75, 3.05) is 20.2 Å². The first kappa shape index (κ1) is 33.9. The molecule has 270 valence electrons. The van der Waals surface area contributed by atoms with E-state index in [9.17, 15) is 18.0 Å². The third kappa shape index (κ3) is 5.74. The van der Waals surface area contributed by atoms with Crippen LogP contribution in [0, 0.1) is 5.41 Å². The number of hydrogen-bond acceptors (Lipinski definition) is 8. The highest BCUT2D eigenvalue weighted by Gasteiger charge is 2.64. The Hall–Kier alpha value is -4.19. The molecule has 2 saturated carbocycles. The number of likely N-dealkylation sites (tertiary alicyclic amines) is 1. The molecule has 4 aromatic rings. The number of methoxy groups -OCH3 is 1. The fourth-order valence-corrected chi connectivity index (χ4v) is 9.56. The first-order chi connectivity index (χ1) is 24.5. The van der Waals surface area contributed by atoms with Gasteiger partial charge in [-0.25, -0.2) is 13.1 Å². The number of benzene rings is 2. The van der Waals surface area contributed by atoms with Crippen molar-refractivity contribution < 1.29 is 27.2 Å². The number of nitrogens with zero attached hydrogens (tertiary/aromatic N) is 4. The quantitative estimate of drug-likeness (QED) is 0.214. The number of ether oxygens (including phenoxy) is 1. The van der Waals surface area contributed by atoms with Crippen molar-refractivity contribution in [3.63, 3.8) is 0 Å². The van der Waals surface area contributed by atoms with Gasteiger partial charge in [-0.15, -0.1) is 10.2 Å². The molecule has 0 spiro atoms. The lowest BCUT2D eigenvalue weighted by Gasteiger charge is -2.34. The van der Waals surface area contributed by atoms with Gasteiger partial charge in [0.15, 0.2) is 0 Å². The number of carbonyl (C=O) groups is 2. The summed E-state index contributed by atoms with van der Waals surface area (Å²) in [6.07, 6.45) is 8.64. The van der Waals surface area contributed by atoms with Gasteiger partial charge in [-0.2, -0.15) is 0 Å². The molecule has 2 amide bonds. The minimum Gasteiger partial charge on any atom is -0.497 e. The molecule has 2 aromatic carbocycles. The van der Waals surface area contributed by atoms with Crippen molar-refractivity contribution in [3.8, 4) is 17.0 Å². The molecule has 8 rings (SSSR count). The lowest BCUT2D eigenvalue weighted by Crippen LogP contribution is -2.44. The lowest BCUT2D eigenvalue weighted by molar-refractivity contribution is -0.139. The summed E-state index contributed by atoms with van der Waals surface area (Å²) in [5, 5.41) is 8.77. The standard InChI is InChI=1S/C39H47N5O6S/c1-5-33-40-41-37(50-33)25-15-17-43(18-16-25)38(46)39-21-31(39)30-20-27(49-4)12-14-28(30)35-34(24-9-7-6-8-10-24)29-13-11-26(19-32(29)44(35)22-39)36(45)42-51(47,48)23(2)3/h11-14,19-20,23-25,31H,5-10,15-18,21-22H2,1-4H3,(H,42,45). The first-order valence-corrected chi connectivity index (χ1v) is 20.1. The van der Waals surface area contributed by atoms with Gasteiger partial charge in [-0.1, -0.05) is 32.3 Å². The zero-order chi connectivity index (χ0) is 35.7. The number of fused-ring (bicyclic) bond motifs is 7. The minimum atomic E-state index is -3.82. The van der Waals surface area contributed by atoms with Gasteiger partial charge in [0.05, 0.1) is 23.5 Å². The fraction of sp³-hybridized carbons (Fsp3) is 0.538. The fourth-order valence-electron chi connectivity index (χ4n) is 8.95. The van der Waals surface area contributed by atoms with Crippen LogP contribution in [-0.4, -0.2) is 65.3 Å². The van der Waals surface area contributed by atoms with E-state index in [0.29, 0.717) is 43.8 Å². The van der Waals surface area contributed by atoms with Crippen molar-refractivity contribution in [2.45, 2.75) is 108 Å². The number of piperidine rings is 1. The van der Waals surface area contributed by atoms with Gasteiger partial charge in [0.1, 0.15) is 5.75 Å². The van der Waals surface area contributed by atoms with Crippen LogP contribution in [0.1, 0.15) is 123 Å². The van der Waals surface area contributed by atoms with Crippen molar-refractivity contribution in [1.29, 1.82) is 0 Å². The van der Waals surface area contributed by atoms with Crippen LogP contribution in [-0.2, 0) is 27.8 Å². The van der Waals surface area contributed by atoms with E-state index in [4.69, 9.17) is 9.15 Å².